The molecule has 6 heteroatoms. The Balaban J connectivity index is 1.69. The zero-order chi connectivity index (χ0) is 18.1. The number of aromatic nitrogens is 1. The van der Waals surface area contributed by atoms with Crippen LogP contribution >= 0.6 is 11.3 Å². The summed E-state index contributed by atoms with van der Waals surface area (Å²) < 4.78 is 0. The number of rotatable bonds is 1. The molecule has 5 nitrogen and oxygen atoms in total. The molecule has 1 fully saturated rings. The van der Waals surface area contributed by atoms with Crippen molar-refractivity contribution in [2.24, 2.45) is 0 Å². The smallest absolute Gasteiger partial charge is 0.273 e. The monoisotopic (exact) mass is 370 g/mol. The van der Waals surface area contributed by atoms with Gasteiger partial charge in [0, 0.05) is 42.8 Å². The number of aryl methyl sites for hydroxylation is 1. The molecule has 138 valence electrons. The van der Waals surface area contributed by atoms with Gasteiger partial charge in [-0.2, -0.15) is 0 Å². The number of benzene rings is 1. The van der Waals surface area contributed by atoms with Gasteiger partial charge in [0.2, 0.25) is 0 Å². The summed E-state index contributed by atoms with van der Waals surface area (Å²) in [5.74, 6) is 0.0369. The van der Waals surface area contributed by atoms with Crippen LogP contribution in [0, 0.1) is 6.92 Å². The Morgan fingerprint density at radius 2 is 2.12 bits per heavy atom. The van der Waals surface area contributed by atoms with Gasteiger partial charge < -0.3 is 10.2 Å². The molecule has 2 aliphatic heterocycles. The SMILES string of the molecule is Cc1cccc2c1NCCC1CCC(CN(C(=O)c3cscn3)C2)N1C. The lowest BCUT2D eigenvalue weighted by atomic mass is 10.1. The molecule has 2 aliphatic rings. The van der Waals surface area contributed by atoms with Crippen LogP contribution in [0.1, 0.15) is 40.9 Å². The van der Waals surface area contributed by atoms with E-state index in [1.807, 2.05) is 10.3 Å². The average molecular weight is 371 g/mol. The Bertz CT molecular complexity index is 776. The van der Waals surface area contributed by atoms with Gasteiger partial charge in [-0.3, -0.25) is 9.69 Å². The Labute approximate surface area is 159 Å². The second-order valence-electron chi connectivity index (χ2n) is 7.43. The normalized spacial score (nSPS) is 23.8. The minimum atomic E-state index is 0.0369. The van der Waals surface area contributed by atoms with E-state index in [0.29, 0.717) is 24.3 Å². The molecule has 1 saturated heterocycles. The van der Waals surface area contributed by atoms with E-state index in [9.17, 15) is 4.79 Å². The molecular formula is C20H26N4OS. The standard InChI is InChI=1S/C20H26N4OS/c1-14-4-3-5-15-10-24(20(25)18-12-26-13-22-18)11-17-7-6-16(23(17)2)8-9-21-19(14)15/h3-5,12-13,16-17,21H,6-11H2,1-2H3. The minimum absolute atomic E-state index is 0.0369. The molecule has 0 radical (unpaired) electrons. The number of para-hydroxylation sites is 1. The summed E-state index contributed by atoms with van der Waals surface area (Å²) in [6.07, 6.45) is 3.51. The number of carbonyl (C=O) groups excluding carboxylic acids is 1. The predicted octanol–water partition coefficient (Wildman–Crippen LogP) is 3.37. The molecule has 1 amide bonds. The van der Waals surface area contributed by atoms with Gasteiger partial charge in [0.25, 0.3) is 5.91 Å². The summed E-state index contributed by atoms with van der Waals surface area (Å²) in [6, 6.07) is 7.37. The summed E-state index contributed by atoms with van der Waals surface area (Å²) in [4.78, 5) is 21.8. The summed E-state index contributed by atoms with van der Waals surface area (Å²) >= 11 is 1.47. The number of fused-ring (bicyclic) bond motifs is 3. The van der Waals surface area contributed by atoms with Crippen LogP contribution < -0.4 is 5.32 Å². The number of amides is 1. The molecule has 2 atom stereocenters. The highest BCUT2D eigenvalue weighted by molar-refractivity contribution is 7.07. The highest BCUT2D eigenvalue weighted by Gasteiger charge is 2.33. The second kappa shape index (κ2) is 7.37. The molecular weight excluding hydrogens is 344 g/mol. The van der Waals surface area contributed by atoms with Crippen LogP contribution in [0.5, 0.6) is 0 Å². The number of likely N-dealkylation sites (N-methyl/N-ethyl adjacent to an activating group) is 1. The van der Waals surface area contributed by atoms with Gasteiger partial charge in [-0.25, -0.2) is 4.98 Å². The first-order chi connectivity index (χ1) is 12.6. The number of hydrogen-bond donors (Lipinski definition) is 1. The number of nitrogens with one attached hydrogen (secondary N) is 1. The van der Waals surface area contributed by atoms with E-state index >= 15 is 0 Å². The predicted molar refractivity (Wildman–Crippen MR) is 106 cm³/mol. The number of carbonyl (C=O) groups is 1. The first kappa shape index (κ1) is 17.5. The van der Waals surface area contributed by atoms with Crippen LogP contribution in [-0.4, -0.2) is 52.9 Å². The first-order valence-corrected chi connectivity index (χ1v) is 10.3. The van der Waals surface area contributed by atoms with Crippen molar-refractivity contribution in [3.63, 3.8) is 0 Å². The zero-order valence-corrected chi connectivity index (χ0v) is 16.3. The summed E-state index contributed by atoms with van der Waals surface area (Å²) in [5.41, 5.74) is 5.90. The number of hydrogen-bond acceptors (Lipinski definition) is 5. The van der Waals surface area contributed by atoms with E-state index in [0.717, 1.165) is 25.9 Å². The van der Waals surface area contributed by atoms with Crippen molar-refractivity contribution in [3.05, 3.63) is 45.9 Å². The molecule has 2 unspecified atom stereocenters. The van der Waals surface area contributed by atoms with Gasteiger partial charge in [-0.15, -0.1) is 11.3 Å². The first-order valence-electron chi connectivity index (χ1n) is 9.35. The summed E-state index contributed by atoms with van der Waals surface area (Å²) in [6.45, 7) is 4.49. The van der Waals surface area contributed by atoms with Gasteiger partial charge in [-0.1, -0.05) is 18.2 Å². The molecule has 3 heterocycles. The lowest BCUT2D eigenvalue weighted by Gasteiger charge is -2.30. The lowest BCUT2D eigenvalue weighted by Crippen LogP contribution is -2.43. The molecule has 2 aromatic rings. The van der Waals surface area contributed by atoms with Crippen LogP contribution in [0.3, 0.4) is 0 Å². The molecule has 0 saturated carbocycles. The Morgan fingerprint density at radius 3 is 2.92 bits per heavy atom. The maximum Gasteiger partial charge on any atom is 0.273 e. The molecule has 0 spiro atoms. The Hall–Kier alpha value is -1.92. The largest absolute Gasteiger partial charge is 0.384 e. The fourth-order valence-electron chi connectivity index (χ4n) is 4.29. The van der Waals surface area contributed by atoms with Crippen molar-refractivity contribution in [2.75, 3.05) is 25.5 Å². The second-order valence-corrected chi connectivity index (χ2v) is 8.15. The quantitative estimate of drug-likeness (QED) is 0.836. The minimum Gasteiger partial charge on any atom is -0.384 e. The molecule has 1 N–H and O–H groups in total. The van der Waals surface area contributed by atoms with Crippen molar-refractivity contribution in [2.45, 2.75) is 44.8 Å². The summed E-state index contributed by atoms with van der Waals surface area (Å²) in [7, 11) is 2.21. The Kier molecular flexibility index (Phi) is 4.96. The third-order valence-corrected chi connectivity index (χ3v) is 6.44. The molecule has 1 aromatic carbocycles. The van der Waals surface area contributed by atoms with Crippen molar-refractivity contribution < 1.29 is 4.79 Å². The van der Waals surface area contributed by atoms with Gasteiger partial charge in [0.1, 0.15) is 5.69 Å². The van der Waals surface area contributed by atoms with E-state index in [-0.39, 0.29) is 5.91 Å². The van der Waals surface area contributed by atoms with Crippen LogP contribution in [0.2, 0.25) is 0 Å². The van der Waals surface area contributed by atoms with E-state index in [1.54, 1.807) is 5.51 Å². The highest BCUT2D eigenvalue weighted by atomic mass is 32.1. The number of thiazole rings is 1. The van der Waals surface area contributed by atoms with Gasteiger partial charge in [0.15, 0.2) is 0 Å². The third-order valence-electron chi connectivity index (χ3n) is 5.85. The number of anilines is 1. The molecule has 0 aliphatic carbocycles. The molecule has 4 rings (SSSR count). The van der Waals surface area contributed by atoms with Crippen LogP contribution in [-0.2, 0) is 6.54 Å². The van der Waals surface area contributed by atoms with E-state index in [4.69, 9.17) is 0 Å². The van der Waals surface area contributed by atoms with Crippen LogP contribution in [0.25, 0.3) is 0 Å². The number of nitrogens with zero attached hydrogens (tertiary/aromatic N) is 3. The van der Waals surface area contributed by atoms with E-state index < -0.39 is 0 Å². The maximum absolute atomic E-state index is 13.1. The topological polar surface area (TPSA) is 48.5 Å². The van der Waals surface area contributed by atoms with Crippen LogP contribution in [0.15, 0.2) is 29.1 Å². The average Bonchev–Trinajstić information content (AvgIpc) is 3.26. The van der Waals surface area contributed by atoms with Crippen molar-refractivity contribution >= 4 is 22.9 Å². The third kappa shape index (κ3) is 3.35. The van der Waals surface area contributed by atoms with E-state index in [2.05, 4.69) is 47.4 Å². The maximum atomic E-state index is 13.1. The molecule has 2 bridgehead atoms. The van der Waals surface area contributed by atoms with Crippen LogP contribution in [0.4, 0.5) is 5.69 Å². The van der Waals surface area contributed by atoms with Crippen molar-refractivity contribution in [3.8, 4) is 0 Å². The van der Waals surface area contributed by atoms with Crippen molar-refractivity contribution in [1.82, 2.24) is 14.8 Å². The van der Waals surface area contributed by atoms with Gasteiger partial charge in [0.05, 0.1) is 5.51 Å². The highest BCUT2D eigenvalue weighted by Crippen LogP contribution is 2.29. The van der Waals surface area contributed by atoms with Gasteiger partial charge >= 0.3 is 0 Å². The van der Waals surface area contributed by atoms with Crippen molar-refractivity contribution in [1.29, 1.82) is 0 Å². The fraction of sp³-hybridized carbons (Fsp3) is 0.500. The Morgan fingerprint density at radius 1 is 1.27 bits per heavy atom. The summed E-state index contributed by atoms with van der Waals surface area (Å²) in [5, 5.41) is 5.50. The van der Waals surface area contributed by atoms with E-state index in [1.165, 1.54) is 34.6 Å². The fourth-order valence-corrected chi connectivity index (χ4v) is 4.82. The lowest BCUT2D eigenvalue weighted by molar-refractivity contribution is 0.0684. The van der Waals surface area contributed by atoms with Gasteiger partial charge in [-0.05, 0) is 44.4 Å². The molecule has 1 aromatic heterocycles. The zero-order valence-electron chi connectivity index (χ0n) is 15.4. The molecule has 26 heavy (non-hydrogen) atoms.